The average Bonchev–Trinajstić information content (AvgIpc) is 2.48. The minimum atomic E-state index is -0.162. The molecule has 0 fully saturated rings. The normalized spacial score (nSPS) is 11.0. The summed E-state index contributed by atoms with van der Waals surface area (Å²) in [6.45, 7) is 4.94. The lowest BCUT2D eigenvalue weighted by atomic mass is 10.0. The van der Waals surface area contributed by atoms with Gasteiger partial charge in [0, 0.05) is 11.9 Å². The zero-order valence-corrected chi connectivity index (χ0v) is 12.6. The van der Waals surface area contributed by atoms with Gasteiger partial charge in [0.1, 0.15) is 10.8 Å². The first kappa shape index (κ1) is 14.8. The summed E-state index contributed by atoms with van der Waals surface area (Å²) in [5.74, 6) is 0.347. The van der Waals surface area contributed by atoms with E-state index < -0.39 is 0 Å². The first-order chi connectivity index (χ1) is 9.65. The second-order valence-corrected chi connectivity index (χ2v) is 5.27. The molecule has 106 valence electrons. The van der Waals surface area contributed by atoms with Crippen LogP contribution in [-0.4, -0.2) is 17.4 Å². The third kappa shape index (κ3) is 3.28. The Morgan fingerprint density at radius 3 is 2.70 bits per heavy atom. The van der Waals surface area contributed by atoms with E-state index in [9.17, 15) is 4.79 Å². The van der Waals surface area contributed by atoms with E-state index in [1.807, 2.05) is 24.3 Å². The number of pyridine rings is 1. The lowest BCUT2D eigenvalue weighted by Gasteiger charge is -2.13. The van der Waals surface area contributed by atoms with Crippen molar-refractivity contribution in [3.05, 3.63) is 41.2 Å². The number of aromatic nitrogens is 1. The van der Waals surface area contributed by atoms with Crippen molar-refractivity contribution in [1.82, 2.24) is 10.3 Å². The number of hydrogen-bond acceptors (Lipinski definition) is 2. The molecule has 0 aliphatic carbocycles. The Kier molecular flexibility index (Phi) is 4.96. The maximum absolute atomic E-state index is 12.1. The average molecular weight is 291 g/mol. The summed E-state index contributed by atoms with van der Waals surface area (Å²) in [5, 5.41) is 5.10. The van der Waals surface area contributed by atoms with Crippen molar-refractivity contribution in [2.45, 2.75) is 26.7 Å². The van der Waals surface area contributed by atoms with Crippen LogP contribution in [0.25, 0.3) is 10.8 Å². The van der Waals surface area contributed by atoms with Gasteiger partial charge in [-0.15, -0.1) is 0 Å². The van der Waals surface area contributed by atoms with Gasteiger partial charge in [-0.2, -0.15) is 0 Å². The number of rotatable bonds is 5. The van der Waals surface area contributed by atoms with Gasteiger partial charge in [-0.25, -0.2) is 4.98 Å². The Labute approximate surface area is 124 Å². The number of benzene rings is 1. The molecule has 3 nitrogen and oxygen atoms in total. The molecule has 0 radical (unpaired) electrons. The van der Waals surface area contributed by atoms with Crippen molar-refractivity contribution in [3.63, 3.8) is 0 Å². The van der Waals surface area contributed by atoms with E-state index in [1.165, 1.54) is 0 Å². The molecule has 4 heteroatoms. The standard InChI is InChI=1S/C16H19ClN2O/c1-3-11(4-2)10-18-16(20)14-9-12-7-5-6-8-13(12)15(17)19-14/h5-9,11H,3-4,10H2,1-2H3,(H,18,20). The lowest BCUT2D eigenvalue weighted by molar-refractivity contribution is 0.0941. The molecule has 0 spiro atoms. The summed E-state index contributed by atoms with van der Waals surface area (Å²) in [5.41, 5.74) is 0.375. The molecule has 1 amide bonds. The fourth-order valence-electron chi connectivity index (χ4n) is 2.18. The summed E-state index contributed by atoms with van der Waals surface area (Å²) in [6, 6.07) is 9.44. The van der Waals surface area contributed by atoms with E-state index in [-0.39, 0.29) is 5.91 Å². The Hall–Kier alpha value is -1.61. The fraction of sp³-hybridized carbons (Fsp3) is 0.375. The zero-order chi connectivity index (χ0) is 14.5. The molecule has 0 bridgehead atoms. The van der Waals surface area contributed by atoms with E-state index in [4.69, 9.17) is 11.6 Å². The maximum atomic E-state index is 12.1. The fourth-order valence-corrected chi connectivity index (χ4v) is 2.44. The predicted octanol–water partition coefficient (Wildman–Crippen LogP) is 4.05. The molecule has 1 aromatic heterocycles. The van der Waals surface area contributed by atoms with Crippen molar-refractivity contribution in [1.29, 1.82) is 0 Å². The molecule has 2 rings (SSSR count). The van der Waals surface area contributed by atoms with E-state index in [1.54, 1.807) is 6.07 Å². The smallest absolute Gasteiger partial charge is 0.269 e. The van der Waals surface area contributed by atoms with Crippen LogP contribution in [0.15, 0.2) is 30.3 Å². The van der Waals surface area contributed by atoms with Crippen LogP contribution in [0.4, 0.5) is 0 Å². The number of carbonyl (C=O) groups is 1. The quantitative estimate of drug-likeness (QED) is 0.844. The summed E-state index contributed by atoms with van der Waals surface area (Å²) in [7, 11) is 0. The monoisotopic (exact) mass is 290 g/mol. The number of carbonyl (C=O) groups excluding carboxylic acids is 1. The minimum absolute atomic E-state index is 0.162. The Morgan fingerprint density at radius 2 is 2.00 bits per heavy atom. The number of nitrogens with zero attached hydrogens (tertiary/aromatic N) is 1. The van der Waals surface area contributed by atoms with Crippen molar-refractivity contribution < 1.29 is 4.79 Å². The van der Waals surface area contributed by atoms with E-state index in [0.717, 1.165) is 23.6 Å². The summed E-state index contributed by atoms with van der Waals surface area (Å²) < 4.78 is 0. The number of hydrogen-bond donors (Lipinski definition) is 1. The molecule has 0 aliphatic heterocycles. The number of amides is 1. The lowest BCUT2D eigenvalue weighted by Crippen LogP contribution is -2.29. The second kappa shape index (κ2) is 6.71. The molecule has 20 heavy (non-hydrogen) atoms. The third-order valence-electron chi connectivity index (χ3n) is 3.63. The molecular formula is C16H19ClN2O. The van der Waals surface area contributed by atoms with Gasteiger partial charge < -0.3 is 5.32 Å². The highest BCUT2D eigenvalue weighted by Gasteiger charge is 2.12. The highest BCUT2D eigenvalue weighted by Crippen LogP contribution is 2.22. The molecule has 2 aromatic rings. The van der Waals surface area contributed by atoms with E-state index in [0.29, 0.717) is 23.3 Å². The largest absolute Gasteiger partial charge is 0.350 e. The van der Waals surface area contributed by atoms with Crippen LogP contribution in [0, 0.1) is 5.92 Å². The van der Waals surface area contributed by atoms with Gasteiger partial charge >= 0.3 is 0 Å². The second-order valence-electron chi connectivity index (χ2n) is 4.91. The number of fused-ring (bicyclic) bond motifs is 1. The highest BCUT2D eigenvalue weighted by molar-refractivity contribution is 6.34. The molecule has 1 heterocycles. The number of halogens is 1. The van der Waals surface area contributed by atoms with Gasteiger partial charge in [-0.05, 0) is 17.4 Å². The van der Waals surface area contributed by atoms with Gasteiger partial charge in [0.2, 0.25) is 0 Å². The molecule has 1 aromatic carbocycles. The van der Waals surface area contributed by atoms with Crippen molar-refractivity contribution in [2.24, 2.45) is 5.92 Å². The molecular weight excluding hydrogens is 272 g/mol. The van der Waals surface area contributed by atoms with Gasteiger partial charge in [0.05, 0.1) is 0 Å². The van der Waals surface area contributed by atoms with E-state index in [2.05, 4.69) is 24.1 Å². The zero-order valence-electron chi connectivity index (χ0n) is 11.8. The topological polar surface area (TPSA) is 42.0 Å². The molecule has 1 N–H and O–H groups in total. The van der Waals surface area contributed by atoms with E-state index >= 15 is 0 Å². The summed E-state index contributed by atoms with van der Waals surface area (Å²) in [6.07, 6.45) is 2.12. The first-order valence-corrected chi connectivity index (χ1v) is 7.37. The van der Waals surface area contributed by atoms with Gasteiger partial charge in [0.25, 0.3) is 5.91 Å². The van der Waals surface area contributed by atoms with Crippen LogP contribution in [0.3, 0.4) is 0 Å². The SMILES string of the molecule is CCC(CC)CNC(=O)c1cc2ccccc2c(Cl)n1. The minimum Gasteiger partial charge on any atom is -0.350 e. The van der Waals surface area contributed by atoms with Crippen molar-refractivity contribution in [3.8, 4) is 0 Å². The van der Waals surface area contributed by atoms with Crippen LogP contribution < -0.4 is 5.32 Å². The van der Waals surface area contributed by atoms with Crippen LogP contribution in [0.1, 0.15) is 37.2 Å². The molecule has 0 saturated carbocycles. The summed E-state index contributed by atoms with van der Waals surface area (Å²) >= 11 is 6.13. The number of nitrogens with one attached hydrogen (secondary N) is 1. The van der Waals surface area contributed by atoms with Crippen molar-refractivity contribution >= 4 is 28.3 Å². The van der Waals surface area contributed by atoms with Crippen LogP contribution >= 0.6 is 11.6 Å². The molecule has 0 unspecified atom stereocenters. The van der Waals surface area contributed by atoms with Crippen molar-refractivity contribution in [2.75, 3.05) is 6.54 Å². The Morgan fingerprint density at radius 1 is 1.30 bits per heavy atom. The molecule has 0 atom stereocenters. The maximum Gasteiger partial charge on any atom is 0.269 e. The first-order valence-electron chi connectivity index (χ1n) is 6.99. The summed E-state index contributed by atoms with van der Waals surface area (Å²) in [4.78, 5) is 16.3. The predicted molar refractivity (Wildman–Crippen MR) is 83.2 cm³/mol. The Bertz CT molecular complexity index is 608. The van der Waals surface area contributed by atoms with Crippen LogP contribution in [-0.2, 0) is 0 Å². The van der Waals surface area contributed by atoms with Gasteiger partial charge in [-0.3, -0.25) is 4.79 Å². The van der Waals surface area contributed by atoms with Crippen LogP contribution in [0.2, 0.25) is 5.15 Å². The van der Waals surface area contributed by atoms with Crippen LogP contribution in [0.5, 0.6) is 0 Å². The highest BCUT2D eigenvalue weighted by atomic mass is 35.5. The third-order valence-corrected chi connectivity index (χ3v) is 3.92. The van der Waals surface area contributed by atoms with Gasteiger partial charge in [-0.1, -0.05) is 62.6 Å². The van der Waals surface area contributed by atoms with Gasteiger partial charge in [0.15, 0.2) is 0 Å². The molecule has 0 aliphatic rings. The molecule has 0 saturated heterocycles. The Balaban J connectivity index is 2.18.